The van der Waals surface area contributed by atoms with Gasteiger partial charge in [-0.15, -0.1) is 0 Å². The molecule has 1 saturated carbocycles. The van der Waals surface area contributed by atoms with Crippen molar-refractivity contribution in [1.82, 2.24) is 15.3 Å². The summed E-state index contributed by atoms with van der Waals surface area (Å²) in [6.45, 7) is 2.26. The van der Waals surface area contributed by atoms with E-state index in [1.165, 1.54) is 50.6 Å². The van der Waals surface area contributed by atoms with E-state index in [0.717, 1.165) is 18.9 Å². The number of aromatic nitrogens is 2. The molecule has 0 amide bonds. The Bertz CT molecular complexity index is 346. The lowest BCUT2D eigenvalue weighted by Crippen LogP contribution is -2.27. The zero-order chi connectivity index (χ0) is 12.2. The first-order valence-electron chi connectivity index (χ1n) is 7.47. The van der Waals surface area contributed by atoms with Gasteiger partial charge in [-0.05, 0) is 44.8 Å². The van der Waals surface area contributed by atoms with Crippen molar-refractivity contribution in [2.75, 3.05) is 13.1 Å². The van der Waals surface area contributed by atoms with Crippen molar-refractivity contribution >= 4 is 0 Å². The Morgan fingerprint density at radius 2 is 1.72 bits per heavy atom. The van der Waals surface area contributed by atoms with Gasteiger partial charge >= 0.3 is 0 Å². The zero-order valence-electron chi connectivity index (χ0n) is 11.1. The second-order valence-electron chi connectivity index (χ2n) is 5.70. The predicted molar refractivity (Wildman–Crippen MR) is 72.7 cm³/mol. The van der Waals surface area contributed by atoms with Crippen LogP contribution in [0.2, 0.25) is 0 Å². The highest BCUT2D eigenvalue weighted by Gasteiger charge is 2.21. The van der Waals surface area contributed by atoms with Crippen molar-refractivity contribution in [1.29, 1.82) is 0 Å². The molecule has 3 heteroatoms. The monoisotopic (exact) mass is 245 g/mol. The summed E-state index contributed by atoms with van der Waals surface area (Å²) in [6.07, 6.45) is 11.1. The van der Waals surface area contributed by atoms with E-state index < -0.39 is 0 Å². The third-order valence-corrected chi connectivity index (χ3v) is 4.42. The summed E-state index contributed by atoms with van der Waals surface area (Å²) >= 11 is 0. The molecule has 2 heterocycles. The van der Waals surface area contributed by atoms with Crippen molar-refractivity contribution in [2.24, 2.45) is 0 Å². The van der Waals surface area contributed by atoms with Gasteiger partial charge in [0.1, 0.15) is 5.82 Å². The minimum atomic E-state index is 0.625. The molecule has 2 aliphatic rings. The average molecular weight is 245 g/mol. The Balaban J connectivity index is 1.75. The van der Waals surface area contributed by atoms with Crippen LogP contribution in [0.25, 0.3) is 0 Å². The SMILES string of the molecule is c1cc(C2CCNCC2)nc(C2CCCCC2)n1. The van der Waals surface area contributed by atoms with Crippen LogP contribution >= 0.6 is 0 Å². The molecule has 0 unspecified atom stereocenters. The fourth-order valence-electron chi connectivity index (χ4n) is 3.29. The summed E-state index contributed by atoms with van der Waals surface area (Å²) in [7, 11) is 0. The van der Waals surface area contributed by atoms with Gasteiger partial charge in [0, 0.05) is 23.7 Å². The highest BCUT2D eigenvalue weighted by Crippen LogP contribution is 2.31. The van der Waals surface area contributed by atoms with Gasteiger partial charge in [-0.2, -0.15) is 0 Å². The summed E-state index contributed by atoms with van der Waals surface area (Å²) in [5.41, 5.74) is 1.28. The fraction of sp³-hybridized carbons (Fsp3) is 0.733. The molecule has 1 aliphatic carbocycles. The largest absolute Gasteiger partial charge is 0.317 e. The molecule has 98 valence electrons. The molecule has 1 aromatic heterocycles. The van der Waals surface area contributed by atoms with Crippen LogP contribution in [0, 0.1) is 0 Å². The van der Waals surface area contributed by atoms with Crippen LogP contribution in [-0.4, -0.2) is 23.1 Å². The molecule has 0 bridgehead atoms. The summed E-state index contributed by atoms with van der Waals surface area (Å²) in [4.78, 5) is 9.41. The van der Waals surface area contributed by atoms with Gasteiger partial charge in [-0.1, -0.05) is 19.3 Å². The maximum atomic E-state index is 4.88. The third-order valence-electron chi connectivity index (χ3n) is 4.42. The lowest BCUT2D eigenvalue weighted by atomic mass is 9.88. The Kier molecular flexibility index (Phi) is 3.89. The van der Waals surface area contributed by atoms with Crippen LogP contribution in [0.15, 0.2) is 12.3 Å². The summed E-state index contributed by atoms with van der Waals surface area (Å²) in [5, 5.41) is 3.42. The normalized spacial score (nSPS) is 23.1. The molecular weight excluding hydrogens is 222 g/mol. The summed E-state index contributed by atoms with van der Waals surface area (Å²) in [6, 6.07) is 2.13. The Hall–Kier alpha value is -0.960. The van der Waals surface area contributed by atoms with Gasteiger partial charge in [-0.25, -0.2) is 9.97 Å². The van der Waals surface area contributed by atoms with Crippen LogP contribution in [0.1, 0.15) is 68.3 Å². The highest BCUT2D eigenvalue weighted by atomic mass is 14.9. The van der Waals surface area contributed by atoms with E-state index in [1.807, 2.05) is 6.20 Å². The van der Waals surface area contributed by atoms with Crippen LogP contribution in [0.5, 0.6) is 0 Å². The second kappa shape index (κ2) is 5.79. The molecule has 0 spiro atoms. The molecule has 0 radical (unpaired) electrons. The van der Waals surface area contributed by atoms with Crippen LogP contribution in [-0.2, 0) is 0 Å². The van der Waals surface area contributed by atoms with E-state index in [9.17, 15) is 0 Å². The summed E-state index contributed by atoms with van der Waals surface area (Å²) in [5.74, 6) is 2.39. The first kappa shape index (κ1) is 12.1. The minimum Gasteiger partial charge on any atom is -0.317 e. The molecule has 0 atom stereocenters. The second-order valence-corrected chi connectivity index (χ2v) is 5.70. The zero-order valence-corrected chi connectivity index (χ0v) is 11.1. The molecule has 0 aromatic carbocycles. The fourth-order valence-corrected chi connectivity index (χ4v) is 3.29. The number of piperidine rings is 1. The smallest absolute Gasteiger partial charge is 0.131 e. The van der Waals surface area contributed by atoms with Crippen molar-refractivity contribution in [3.05, 3.63) is 23.8 Å². The summed E-state index contributed by atoms with van der Waals surface area (Å²) < 4.78 is 0. The lowest BCUT2D eigenvalue weighted by molar-refractivity contribution is 0.420. The van der Waals surface area contributed by atoms with Crippen molar-refractivity contribution in [3.8, 4) is 0 Å². The molecule has 2 fully saturated rings. The molecule has 1 N–H and O–H groups in total. The van der Waals surface area contributed by atoms with Gasteiger partial charge in [-0.3, -0.25) is 0 Å². The predicted octanol–water partition coefficient (Wildman–Crippen LogP) is 2.99. The van der Waals surface area contributed by atoms with Crippen molar-refractivity contribution < 1.29 is 0 Å². The molecule has 1 saturated heterocycles. The first-order chi connectivity index (χ1) is 8.93. The third kappa shape index (κ3) is 2.72. The quantitative estimate of drug-likeness (QED) is 0.870. The maximum absolute atomic E-state index is 4.88. The van der Waals surface area contributed by atoms with E-state index in [1.54, 1.807) is 0 Å². The Morgan fingerprint density at radius 1 is 0.944 bits per heavy atom. The highest BCUT2D eigenvalue weighted by molar-refractivity contribution is 5.12. The Labute approximate surface area is 109 Å². The minimum absolute atomic E-state index is 0.625. The molecular formula is C15H23N3. The van der Waals surface area contributed by atoms with Gasteiger partial charge in [0.25, 0.3) is 0 Å². The number of nitrogens with zero attached hydrogens (tertiary/aromatic N) is 2. The van der Waals surface area contributed by atoms with Crippen LogP contribution in [0.3, 0.4) is 0 Å². The van der Waals surface area contributed by atoms with E-state index in [-0.39, 0.29) is 0 Å². The van der Waals surface area contributed by atoms with Crippen LogP contribution in [0.4, 0.5) is 0 Å². The van der Waals surface area contributed by atoms with Crippen LogP contribution < -0.4 is 5.32 Å². The molecule has 1 aromatic rings. The van der Waals surface area contributed by atoms with E-state index >= 15 is 0 Å². The standard InChI is InChI=1S/C15H23N3/c1-2-4-13(5-3-1)15-17-11-8-14(18-15)12-6-9-16-10-7-12/h8,11-13,16H,1-7,9-10H2. The van der Waals surface area contributed by atoms with Crippen molar-refractivity contribution in [2.45, 2.75) is 56.8 Å². The van der Waals surface area contributed by atoms with E-state index in [4.69, 9.17) is 4.98 Å². The average Bonchev–Trinajstić information content (AvgIpc) is 2.49. The molecule has 18 heavy (non-hydrogen) atoms. The van der Waals surface area contributed by atoms with Gasteiger partial charge < -0.3 is 5.32 Å². The van der Waals surface area contributed by atoms with E-state index in [2.05, 4.69) is 16.4 Å². The van der Waals surface area contributed by atoms with Gasteiger partial charge in [0.2, 0.25) is 0 Å². The Morgan fingerprint density at radius 3 is 2.50 bits per heavy atom. The molecule has 1 aliphatic heterocycles. The van der Waals surface area contributed by atoms with E-state index in [0.29, 0.717) is 11.8 Å². The number of hydrogen-bond donors (Lipinski definition) is 1. The topological polar surface area (TPSA) is 37.8 Å². The molecule has 3 nitrogen and oxygen atoms in total. The maximum Gasteiger partial charge on any atom is 0.131 e. The number of nitrogens with one attached hydrogen (secondary N) is 1. The van der Waals surface area contributed by atoms with Gasteiger partial charge in [0.15, 0.2) is 0 Å². The number of rotatable bonds is 2. The lowest BCUT2D eigenvalue weighted by Gasteiger charge is -2.24. The number of hydrogen-bond acceptors (Lipinski definition) is 3. The first-order valence-corrected chi connectivity index (χ1v) is 7.47. The molecule has 3 rings (SSSR count). The van der Waals surface area contributed by atoms with Gasteiger partial charge in [0.05, 0.1) is 0 Å². The van der Waals surface area contributed by atoms with Crippen molar-refractivity contribution in [3.63, 3.8) is 0 Å².